The lowest BCUT2D eigenvalue weighted by molar-refractivity contribution is -0.136. The van der Waals surface area contributed by atoms with Crippen LogP contribution in [0.25, 0.3) is 6.08 Å². The molecule has 80 heavy (non-hydrogen) atoms. The Hall–Kier alpha value is -6.11. The highest BCUT2D eigenvalue weighted by molar-refractivity contribution is 6.10. The van der Waals surface area contributed by atoms with E-state index in [0.717, 1.165) is 23.4 Å². The van der Waals surface area contributed by atoms with E-state index in [9.17, 15) is 31.9 Å². The van der Waals surface area contributed by atoms with Crippen molar-refractivity contribution in [1.29, 1.82) is 0 Å². The third-order valence-electron chi connectivity index (χ3n) is 10.7. The number of benzene rings is 1. The number of pyridine rings is 2. The summed E-state index contributed by atoms with van der Waals surface area (Å²) in [7, 11) is 0. The summed E-state index contributed by atoms with van der Waals surface area (Å²) in [5.74, 6) is -8.98. The zero-order valence-electron chi connectivity index (χ0n) is 45.3. The Balaban J connectivity index is 0.00000449. The Labute approximate surface area is 462 Å². The van der Waals surface area contributed by atoms with Gasteiger partial charge in [-0.3, -0.25) is 29.3 Å². The molecule has 0 aliphatic carbocycles. The Bertz CT molecular complexity index is 2420. The number of nitrogens with two attached hydrogens (primary N) is 1. The van der Waals surface area contributed by atoms with Gasteiger partial charge in [-0.05, 0) is 37.1 Å². The molecule has 3 aromatic rings. The Kier molecular flexibility index (Phi) is 33.3. The van der Waals surface area contributed by atoms with E-state index in [1.54, 1.807) is 25.4 Å². The van der Waals surface area contributed by atoms with Crippen LogP contribution in [0.5, 0.6) is 5.75 Å². The number of fused-ring (bicyclic) bond motifs is 2. The van der Waals surface area contributed by atoms with Gasteiger partial charge in [0.15, 0.2) is 11.6 Å². The van der Waals surface area contributed by atoms with Crippen LogP contribution in [0.3, 0.4) is 0 Å². The third kappa shape index (κ3) is 26.4. The number of amidine groups is 2. The molecule has 2 aromatic heterocycles. The lowest BCUT2D eigenvalue weighted by atomic mass is 10.1. The molecular formula is C53H74F4N8O15. The van der Waals surface area contributed by atoms with Gasteiger partial charge in [0.05, 0.1) is 168 Å². The second-order valence-corrected chi connectivity index (χ2v) is 16.9. The molecule has 4 heterocycles. The maximum absolute atomic E-state index is 13.6. The minimum atomic E-state index is -1.80. The predicted molar refractivity (Wildman–Crippen MR) is 283 cm³/mol. The first kappa shape index (κ1) is 66.4. The number of aliphatic hydroxyl groups is 1. The Morgan fingerprint density at radius 1 is 0.650 bits per heavy atom. The van der Waals surface area contributed by atoms with Crippen LogP contribution in [0.1, 0.15) is 62.0 Å². The standard InChI is InChI=1S/C51H68F4N8O14.C2H6O/c1-2-5-57-51(66)36-27-40-42(62-44(56)29-36)28-37(33-59-40)50-61-34-43-41(63-50)26-35(31-58-43)32-60-45(64)3-6-67-8-10-69-12-14-71-16-18-73-20-22-75-24-25-76-23-21-74-19-17-72-15-13-70-11-9-68-7-4-46(65)77-49-47(54)38(52)30-39(53)48(49)55;1-2-3/h26-28,30-31,33H,2-25,29,32,34H2,1H3,(H2,56,62)(H,57,66)(H,60,64)(H,61,63);3H,2H2,1H3. The van der Waals surface area contributed by atoms with Crippen molar-refractivity contribution in [1.82, 2.24) is 20.6 Å². The molecule has 444 valence electrons. The topological polar surface area (TPSA) is 286 Å². The van der Waals surface area contributed by atoms with Gasteiger partial charge >= 0.3 is 5.97 Å². The summed E-state index contributed by atoms with van der Waals surface area (Å²) in [6.45, 7) is 11.6. The number of carbonyl (C=O) groups excluding carboxylic acids is 3. The average Bonchev–Trinajstić information content (AvgIpc) is 3.63. The van der Waals surface area contributed by atoms with Crippen LogP contribution < -0.4 is 26.4 Å². The molecule has 6 N–H and O–H groups in total. The molecule has 0 spiro atoms. The zero-order chi connectivity index (χ0) is 57.6. The van der Waals surface area contributed by atoms with Crippen LogP contribution in [-0.4, -0.2) is 190 Å². The number of hydrogen-bond donors (Lipinski definition) is 5. The highest BCUT2D eigenvalue weighted by Crippen LogP contribution is 2.29. The first-order valence-electron chi connectivity index (χ1n) is 26.2. The van der Waals surface area contributed by atoms with Crippen molar-refractivity contribution in [3.05, 3.63) is 81.9 Å². The highest BCUT2D eigenvalue weighted by Gasteiger charge is 2.24. The maximum atomic E-state index is 13.6. The molecule has 2 aliphatic heterocycles. The van der Waals surface area contributed by atoms with E-state index in [1.165, 1.54) is 0 Å². The van der Waals surface area contributed by atoms with Gasteiger partial charge in [0, 0.05) is 62.1 Å². The summed E-state index contributed by atoms with van der Waals surface area (Å²) in [6, 6.07) is 3.77. The molecule has 0 saturated heterocycles. The monoisotopic (exact) mass is 1140 g/mol. The molecule has 0 saturated carbocycles. The number of aliphatic imine (C=N–C) groups is 2. The number of halogens is 4. The molecule has 0 unspecified atom stereocenters. The molecule has 1 aromatic carbocycles. The number of hydrogen-bond acceptors (Lipinski definition) is 21. The minimum absolute atomic E-state index is 0.0139. The summed E-state index contributed by atoms with van der Waals surface area (Å²) >= 11 is 0. The minimum Gasteiger partial charge on any atom is -0.420 e. The first-order valence-corrected chi connectivity index (χ1v) is 26.2. The van der Waals surface area contributed by atoms with Crippen LogP contribution in [0, 0.1) is 23.3 Å². The van der Waals surface area contributed by atoms with Crippen molar-refractivity contribution in [2.75, 3.05) is 151 Å². The molecule has 5 rings (SSSR count). The van der Waals surface area contributed by atoms with Gasteiger partial charge in [0.2, 0.25) is 29.2 Å². The van der Waals surface area contributed by atoms with Crippen molar-refractivity contribution in [3.63, 3.8) is 0 Å². The van der Waals surface area contributed by atoms with Gasteiger partial charge < -0.3 is 78.9 Å². The smallest absolute Gasteiger partial charge is 0.313 e. The van der Waals surface area contributed by atoms with E-state index in [-0.39, 0.29) is 76.9 Å². The first-order chi connectivity index (χ1) is 38.9. The molecule has 0 bridgehead atoms. The van der Waals surface area contributed by atoms with Crippen molar-refractivity contribution in [3.8, 4) is 5.75 Å². The SMILES string of the molecule is CCCNC(=O)C1=Cc2ncc(C3=NCc4ncc(CNC(=O)CCOCCOCCOCCOCCOCCOCCOCCOCCOCCOCCC(=O)Oc5c(F)c(F)cc(F)c5F)cc4N3)cc2N=C(N)C1.CCO. The zero-order valence-corrected chi connectivity index (χ0v) is 45.3. The second kappa shape index (κ2) is 40.1. The van der Waals surface area contributed by atoms with Gasteiger partial charge in [-0.1, -0.05) is 6.92 Å². The van der Waals surface area contributed by atoms with Gasteiger partial charge in [-0.15, -0.1) is 0 Å². The molecule has 0 radical (unpaired) electrons. The van der Waals surface area contributed by atoms with Gasteiger partial charge in [0.25, 0.3) is 0 Å². The molecule has 0 atom stereocenters. The van der Waals surface area contributed by atoms with E-state index < -0.39 is 41.4 Å². The highest BCUT2D eigenvalue weighted by atomic mass is 19.2. The fraction of sp³-hybridized carbons (Fsp3) is 0.566. The summed E-state index contributed by atoms with van der Waals surface area (Å²) < 4.78 is 112. The predicted octanol–water partition coefficient (Wildman–Crippen LogP) is 3.87. The molecular weight excluding hydrogens is 1060 g/mol. The van der Waals surface area contributed by atoms with E-state index in [4.69, 9.17) is 58.2 Å². The van der Waals surface area contributed by atoms with Crippen molar-refractivity contribution < 1.29 is 89.2 Å². The number of aromatic nitrogens is 2. The molecule has 23 nitrogen and oxygen atoms in total. The van der Waals surface area contributed by atoms with E-state index >= 15 is 0 Å². The summed E-state index contributed by atoms with van der Waals surface area (Å²) in [4.78, 5) is 55.1. The second-order valence-electron chi connectivity index (χ2n) is 16.9. The fourth-order valence-corrected chi connectivity index (χ4v) is 6.75. The van der Waals surface area contributed by atoms with Crippen molar-refractivity contribution in [2.24, 2.45) is 15.7 Å². The van der Waals surface area contributed by atoms with E-state index in [0.29, 0.717) is 146 Å². The van der Waals surface area contributed by atoms with Crippen LogP contribution in [-0.2, 0) is 74.8 Å². The summed E-state index contributed by atoms with van der Waals surface area (Å²) in [5.41, 5.74) is 10.8. The molecule has 0 fully saturated rings. The van der Waals surface area contributed by atoms with Gasteiger partial charge in [-0.2, -0.15) is 8.78 Å². The van der Waals surface area contributed by atoms with E-state index in [2.05, 4.69) is 40.6 Å². The molecule has 2 aliphatic rings. The summed E-state index contributed by atoms with van der Waals surface area (Å²) in [6.07, 6.45) is 5.93. The van der Waals surface area contributed by atoms with Crippen LogP contribution >= 0.6 is 0 Å². The van der Waals surface area contributed by atoms with Crippen LogP contribution in [0.4, 0.5) is 28.9 Å². The number of carbonyl (C=O) groups is 3. The van der Waals surface area contributed by atoms with Gasteiger partial charge in [0.1, 0.15) is 11.7 Å². The number of rotatable bonds is 40. The number of nitrogens with zero attached hydrogens (tertiary/aromatic N) is 4. The Morgan fingerprint density at radius 3 is 1.64 bits per heavy atom. The molecule has 27 heteroatoms. The van der Waals surface area contributed by atoms with Crippen LogP contribution in [0.2, 0.25) is 0 Å². The lowest BCUT2D eigenvalue weighted by Gasteiger charge is -2.19. The fourth-order valence-electron chi connectivity index (χ4n) is 6.75. The molecule has 2 amide bonds. The lowest BCUT2D eigenvalue weighted by Crippen LogP contribution is -2.27. The quantitative estimate of drug-likeness (QED) is 0.0178. The number of amides is 2. The van der Waals surface area contributed by atoms with Crippen molar-refractivity contribution >= 4 is 46.9 Å². The third-order valence-corrected chi connectivity index (χ3v) is 10.7. The normalized spacial score (nSPS) is 12.7. The largest absolute Gasteiger partial charge is 0.420 e. The average molecular weight is 1140 g/mol. The van der Waals surface area contributed by atoms with Crippen molar-refractivity contribution in [2.45, 2.75) is 52.6 Å². The number of esters is 1. The van der Waals surface area contributed by atoms with Crippen LogP contribution in [0.15, 0.2) is 46.2 Å². The Morgan fingerprint density at radius 2 is 1.14 bits per heavy atom. The maximum Gasteiger partial charge on any atom is 0.313 e. The van der Waals surface area contributed by atoms with Gasteiger partial charge in [-0.25, -0.2) is 13.8 Å². The summed E-state index contributed by atoms with van der Waals surface area (Å²) in [5, 5.41) is 16.7. The number of nitrogens with one attached hydrogen (secondary N) is 3. The number of aliphatic hydroxyl groups excluding tert-OH is 1. The van der Waals surface area contributed by atoms with E-state index in [1.807, 2.05) is 19.1 Å². The number of anilines is 1. The number of ether oxygens (including phenoxy) is 11.